The number of nitrogens with zero attached hydrogens (tertiary/aromatic N) is 1. The Morgan fingerprint density at radius 3 is 2.72 bits per heavy atom. The zero-order valence-electron chi connectivity index (χ0n) is 11.1. The summed E-state index contributed by atoms with van der Waals surface area (Å²) >= 11 is 0. The number of sulfonamides is 1. The van der Waals surface area contributed by atoms with Crippen LogP contribution in [0.4, 0.5) is 0 Å². The van der Waals surface area contributed by atoms with Crippen molar-refractivity contribution in [3.05, 3.63) is 0 Å². The van der Waals surface area contributed by atoms with Gasteiger partial charge in [0.25, 0.3) is 0 Å². The molecule has 0 spiro atoms. The molecule has 1 unspecified atom stereocenters. The van der Waals surface area contributed by atoms with Gasteiger partial charge in [-0.1, -0.05) is 0 Å². The lowest BCUT2D eigenvalue weighted by Gasteiger charge is -2.12. The van der Waals surface area contributed by atoms with Gasteiger partial charge < -0.3 is 10.6 Å². The maximum absolute atomic E-state index is 11.5. The molecule has 0 aromatic heterocycles. The molecular weight excluding hydrogens is 254 g/mol. The number of nitrogens with one attached hydrogen (secondary N) is 2. The monoisotopic (exact) mass is 277 g/mol. The summed E-state index contributed by atoms with van der Waals surface area (Å²) in [5.41, 5.74) is 0. The Morgan fingerprint density at radius 1 is 1.44 bits per heavy atom. The molecule has 106 valence electrons. The van der Waals surface area contributed by atoms with Crippen molar-refractivity contribution >= 4 is 15.9 Å². The molecular formula is C11H23N3O3S. The zero-order valence-corrected chi connectivity index (χ0v) is 11.9. The first-order valence-electron chi connectivity index (χ1n) is 6.29. The fraction of sp³-hybridized carbons (Fsp3) is 0.909. The summed E-state index contributed by atoms with van der Waals surface area (Å²) in [6.45, 7) is 2.21. The van der Waals surface area contributed by atoms with Gasteiger partial charge in [-0.2, -0.15) is 0 Å². The van der Waals surface area contributed by atoms with Crippen molar-refractivity contribution in [3.63, 3.8) is 0 Å². The predicted octanol–water partition coefficient (Wildman–Crippen LogP) is -0.616. The van der Waals surface area contributed by atoms with Gasteiger partial charge in [0.2, 0.25) is 15.9 Å². The molecule has 1 atom stereocenters. The van der Waals surface area contributed by atoms with E-state index < -0.39 is 10.0 Å². The third-order valence-electron chi connectivity index (χ3n) is 3.18. The third kappa shape index (κ3) is 5.32. The molecule has 0 aromatic rings. The molecule has 0 aromatic carbocycles. The molecule has 18 heavy (non-hydrogen) atoms. The fourth-order valence-electron chi connectivity index (χ4n) is 1.89. The van der Waals surface area contributed by atoms with E-state index in [4.69, 9.17) is 0 Å². The molecule has 0 bridgehead atoms. The summed E-state index contributed by atoms with van der Waals surface area (Å²) in [5, 5.41) is 5.91. The van der Waals surface area contributed by atoms with E-state index in [1.54, 1.807) is 0 Å². The summed E-state index contributed by atoms with van der Waals surface area (Å²) < 4.78 is 24.1. The summed E-state index contributed by atoms with van der Waals surface area (Å²) in [6, 6.07) is 0. The lowest BCUT2D eigenvalue weighted by Crippen LogP contribution is -2.34. The molecule has 1 saturated heterocycles. The first-order valence-corrected chi connectivity index (χ1v) is 7.90. The summed E-state index contributed by atoms with van der Waals surface area (Å²) in [5.74, 6) is 0.480. The van der Waals surface area contributed by atoms with Gasteiger partial charge in [-0.15, -0.1) is 0 Å². The highest BCUT2D eigenvalue weighted by molar-refractivity contribution is 7.89. The average molecular weight is 277 g/mol. The van der Waals surface area contributed by atoms with Gasteiger partial charge in [0.1, 0.15) is 0 Å². The molecule has 6 nitrogen and oxygen atoms in total. The molecule has 1 heterocycles. The van der Waals surface area contributed by atoms with Crippen molar-refractivity contribution in [2.45, 2.75) is 19.3 Å². The Bertz CT molecular complexity index is 362. The Kier molecular flexibility index (Phi) is 6.04. The van der Waals surface area contributed by atoms with Crippen LogP contribution in [-0.4, -0.2) is 58.1 Å². The summed E-state index contributed by atoms with van der Waals surface area (Å²) in [6.07, 6.45) is 2.48. The van der Waals surface area contributed by atoms with Gasteiger partial charge in [0.15, 0.2) is 0 Å². The largest absolute Gasteiger partial charge is 0.355 e. The average Bonchev–Trinajstić information content (AvgIpc) is 2.78. The van der Waals surface area contributed by atoms with E-state index in [-0.39, 0.29) is 18.2 Å². The third-order valence-corrected chi connectivity index (χ3v) is 5.01. The lowest BCUT2D eigenvalue weighted by molar-refractivity contribution is -0.121. The molecule has 1 aliphatic rings. The number of rotatable bonds is 7. The first-order chi connectivity index (χ1) is 8.42. The Hall–Kier alpha value is -0.660. The van der Waals surface area contributed by atoms with Gasteiger partial charge in [0.05, 0.1) is 5.75 Å². The quantitative estimate of drug-likeness (QED) is 0.650. The molecule has 1 aliphatic heterocycles. The van der Waals surface area contributed by atoms with Crippen molar-refractivity contribution in [3.8, 4) is 0 Å². The van der Waals surface area contributed by atoms with E-state index >= 15 is 0 Å². The van der Waals surface area contributed by atoms with E-state index in [0.29, 0.717) is 12.3 Å². The molecule has 2 N–H and O–H groups in total. The highest BCUT2D eigenvalue weighted by Crippen LogP contribution is 2.13. The van der Waals surface area contributed by atoms with Gasteiger partial charge >= 0.3 is 0 Å². The van der Waals surface area contributed by atoms with Crippen LogP contribution in [0.2, 0.25) is 0 Å². The minimum atomic E-state index is -3.22. The number of carbonyl (C=O) groups is 1. The van der Waals surface area contributed by atoms with Gasteiger partial charge in [-0.25, -0.2) is 12.7 Å². The summed E-state index contributed by atoms with van der Waals surface area (Å²) in [4.78, 5) is 11.5. The van der Waals surface area contributed by atoms with Gasteiger partial charge in [-0.05, 0) is 31.8 Å². The molecule has 0 saturated carbocycles. The normalized spacial score (nSPS) is 20.3. The molecule has 1 amide bonds. The Labute approximate surface area is 109 Å². The molecule has 0 aliphatic carbocycles. The van der Waals surface area contributed by atoms with Crippen LogP contribution < -0.4 is 10.6 Å². The maximum atomic E-state index is 11.5. The number of hydrogen-bond donors (Lipinski definition) is 2. The lowest BCUT2D eigenvalue weighted by atomic mass is 10.0. The van der Waals surface area contributed by atoms with Crippen LogP contribution in [-0.2, 0) is 14.8 Å². The van der Waals surface area contributed by atoms with Crippen LogP contribution in [0.25, 0.3) is 0 Å². The second-order valence-corrected chi connectivity index (χ2v) is 7.15. The van der Waals surface area contributed by atoms with Gasteiger partial charge in [-0.3, -0.25) is 4.79 Å². The second-order valence-electron chi connectivity index (χ2n) is 4.85. The van der Waals surface area contributed by atoms with E-state index in [1.165, 1.54) is 18.4 Å². The van der Waals surface area contributed by atoms with Crippen LogP contribution in [0.15, 0.2) is 0 Å². The van der Waals surface area contributed by atoms with Crippen LogP contribution in [0.1, 0.15) is 19.3 Å². The first kappa shape index (κ1) is 15.4. The smallest absolute Gasteiger partial charge is 0.220 e. The number of hydrogen-bond acceptors (Lipinski definition) is 4. The van der Waals surface area contributed by atoms with Crippen LogP contribution in [0, 0.1) is 5.92 Å². The molecule has 1 fully saturated rings. The topological polar surface area (TPSA) is 78.5 Å². The highest BCUT2D eigenvalue weighted by atomic mass is 32.2. The Morgan fingerprint density at radius 2 is 2.17 bits per heavy atom. The summed E-state index contributed by atoms with van der Waals surface area (Å²) in [7, 11) is -0.235. The molecule has 1 rings (SSSR count). The van der Waals surface area contributed by atoms with Crippen LogP contribution >= 0.6 is 0 Å². The number of amides is 1. The predicted molar refractivity (Wildman–Crippen MR) is 70.7 cm³/mol. The van der Waals surface area contributed by atoms with Crippen molar-refractivity contribution in [1.82, 2.24) is 14.9 Å². The molecule has 0 radical (unpaired) electrons. The minimum Gasteiger partial charge on any atom is -0.355 e. The van der Waals surface area contributed by atoms with Crippen LogP contribution in [0.3, 0.4) is 0 Å². The highest BCUT2D eigenvalue weighted by Gasteiger charge is 2.16. The van der Waals surface area contributed by atoms with Crippen molar-refractivity contribution in [1.29, 1.82) is 0 Å². The van der Waals surface area contributed by atoms with Crippen molar-refractivity contribution < 1.29 is 13.2 Å². The Balaban J connectivity index is 2.13. The van der Waals surface area contributed by atoms with E-state index in [9.17, 15) is 13.2 Å². The van der Waals surface area contributed by atoms with Crippen LogP contribution in [0.5, 0.6) is 0 Å². The van der Waals surface area contributed by atoms with Crippen molar-refractivity contribution in [2.75, 3.05) is 39.5 Å². The standard InChI is InChI=1S/C11H23N3O3S/c1-14(2)18(16,17)8-7-13-11(15)4-3-10-5-6-12-9-10/h10,12H,3-9H2,1-2H3,(H,13,15). The second kappa shape index (κ2) is 7.06. The van der Waals surface area contributed by atoms with E-state index in [0.717, 1.165) is 25.9 Å². The van der Waals surface area contributed by atoms with Crippen molar-refractivity contribution in [2.24, 2.45) is 5.92 Å². The zero-order chi connectivity index (χ0) is 13.6. The van der Waals surface area contributed by atoms with E-state index in [2.05, 4.69) is 10.6 Å². The number of carbonyl (C=O) groups excluding carboxylic acids is 1. The minimum absolute atomic E-state index is 0.0449. The van der Waals surface area contributed by atoms with Gasteiger partial charge in [0, 0.05) is 27.1 Å². The molecule has 7 heteroatoms. The maximum Gasteiger partial charge on any atom is 0.220 e. The SMILES string of the molecule is CN(C)S(=O)(=O)CCNC(=O)CCC1CCNC1. The fourth-order valence-corrected chi connectivity index (χ4v) is 2.61. The van der Waals surface area contributed by atoms with E-state index in [1.807, 2.05) is 0 Å².